The lowest BCUT2D eigenvalue weighted by molar-refractivity contribution is -0.108. The summed E-state index contributed by atoms with van der Waals surface area (Å²) in [5.74, 6) is 0. The minimum atomic E-state index is -0.378. The molecule has 0 fully saturated rings. The van der Waals surface area contributed by atoms with Crippen molar-refractivity contribution in [3.8, 4) is 0 Å². The molecule has 1 rings (SSSR count). The number of aldehydes is 1. The van der Waals surface area contributed by atoms with Crippen LogP contribution in [0, 0.1) is 20.8 Å². The zero-order valence-corrected chi connectivity index (χ0v) is 9.00. The summed E-state index contributed by atoms with van der Waals surface area (Å²) >= 11 is 0. The zero-order chi connectivity index (χ0) is 10.7. The van der Waals surface area contributed by atoms with Crippen LogP contribution in [0.4, 0.5) is 0 Å². The maximum absolute atomic E-state index is 10.4. The zero-order valence-electron chi connectivity index (χ0n) is 9.00. The summed E-state index contributed by atoms with van der Waals surface area (Å²) < 4.78 is 0. The summed E-state index contributed by atoms with van der Waals surface area (Å²) in [6.07, 6.45) is 1.43. The standard InChI is InChI=1S/C12H17NO/c1-8-4-11(6-12(13)7-14)5-9(2)10(8)3/h4-5,7,12H,6,13H2,1-3H3/t12-/m1/s1. The summed E-state index contributed by atoms with van der Waals surface area (Å²) in [5.41, 5.74) is 10.6. The first-order valence-corrected chi connectivity index (χ1v) is 4.82. The van der Waals surface area contributed by atoms with Gasteiger partial charge < -0.3 is 10.5 Å². The Morgan fingerprint density at radius 1 is 1.29 bits per heavy atom. The molecule has 0 saturated heterocycles. The third kappa shape index (κ3) is 2.42. The van der Waals surface area contributed by atoms with Crippen LogP contribution in [0.3, 0.4) is 0 Å². The van der Waals surface area contributed by atoms with Crippen LogP contribution in [-0.2, 0) is 11.2 Å². The van der Waals surface area contributed by atoms with E-state index in [0.29, 0.717) is 6.42 Å². The smallest absolute Gasteiger partial charge is 0.137 e. The Kier molecular flexibility index (Phi) is 3.42. The van der Waals surface area contributed by atoms with Gasteiger partial charge in [-0.25, -0.2) is 0 Å². The lowest BCUT2D eigenvalue weighted by Gasteiger charge is -2.10. The van der Waals surface area contributed by atoms with Gasteiger partial charge in [-0.3, -0.25) is 0 Å². The van der Waals surface area contributed by atoms with E-state index < -0.39 is 0 Å². The van der Waals surface area contributed by atoms with Crippen molar-refractivity contribution in [3.63, 3.8) is 0 Å². The van der Waals surface area contributed by atoms with E-state index >= 15 is 0 Å². The molecule has 2 nitrogen and oxygen atoms in total. The van der Waals surface area contributed by atoms with Crippen LogP contribution in [0.1, 0.15) is 22.3 Å². The summed E-state index contributed by atoms with van der Waals surface area (Å²) in [7, 11) is 0. The third-order valence-corrected chi connectivity index (χ3v) is 2.63. The van der Waals surface area contributed by atoms with Crippen molar-refractivity contribution in [2.24, 2.45) is 5.73 Å². The Morgan fingerprint density at radius 2 is 1.79 bits per heavy atom. The predicted octanol–water partition coefficient (Wildman–Crippen LogP) is 1.68. The highest BCUT2D eigenvalue weighted by atomic mass is 16.1. The lowest BCUT2D eigenvalue weighted by Crippen LogP contribution is -2.24. The van der Waals surface area contributed by atoms with Crippen molar-refractivity contribution >= 4 is 6.29 Å². The monoisotopic (exact) mass is 191 g/mol. The van der Waals surface area contributed by atoms with E-state index in [1.165, 1.54) is 16.7 Å². The third-order valence-electron chi connectivity index (χ3n) is 2.63. The second-order valence-electron chi connectivity index (χ2n) is 3.86. The molecule has 2 N–H and O–H groups in total. The highest BCUT2D eigenvalue weighted by molar-refractivity contribution is 5.58. The van der Waals surface area contributed by atoms with Crippen LogP contribution in [-0.4, -0.2) is 12.3 Å². The minimum absolute atomic E-state index is 0.378. The van der Waals surface area contributed by atoms with Crippen molar-refractivity contribution in [1.29, 1.82) is 0 Å². The summed E-state index contributed by atoms with van der Waals surface area (Å²) in [6.45, 7) is 6.27. The van der Waals surface area contributed by atoms with Gasteiger partial charge in [-0.05, 0) is 49.4 Å². The number of nitrogens with two attached hydrogens (primary N) is 1. The SMILES string of the molecule is Cc1cc(C[C@@H](N)C=O)cc(C)c1C. The van der Waals surface area contributed by atoms with Gasteiger partial charge >= 0.3 is 0 Å². The Bertz CT molecular complexity index is 321. The normalized spacial score (nSPS) is 12.6. The molecule has 0 radical (unpaired) electrons. The molecular formula is C12H17NO. The quantitative estimate of drug-likeness (QED) is 0.739. The van der Waals surface area contributed by atoms with Crippen LogP contribution in [0.25, 0.3) is 0 Å². The van der Waals surface area contributed by atoms with Crippen molar-refractivity contribution < 1.29 is 4.79 Å². The van der Waals surface area contributed by atoms with Crippen molar-refractivity contribution in [1.82, 2.24) is 0 Å². The summed E-state index contributed by atoms with van der Waals surface area (Å²) in [4.78, 5) is 10.4. The maximum Gasteiger partial charge on any atom is 0.137 e. The first kappa shape index (κ1) is 10.9. The van der Waals surface area contributed by atoms with Gasteiger partial charge in [0.15, 0.2) is 0 Å². The second-order valence-corrected chi connectivity index (χ2v) is 3.86. The number of carbonyl (C=O) groups excluding carboxylic acids is 1. The van der Waals surface area contributed by atoms with Gasteiger partial charge in [-0.2, -0.15) is 0 Å². The highest BCUT2D eigenvalue weighted by Gasteiger charge is 2.05. The fourth-order valence-corrected chi connectivity index (χ4v) is 1.56. The number of hydrogen-bond acceptors (Lipinski definition) is 2. The Hall–Kier alpha value is -1.15. The molecule has 0 heterocycles. The Labute approximate surface area is 85.1 Å². The molecule has 1 atom stereocenters. The van der Waals surface area contributed by atoms with E-state index in [2.05, 4.69) is 32.9 Å². The largest absolute Gasteiger partial charge is 0.321 e. The number of rotatable bonds is 3. The fourth-order valence-electron chi connectivity index (χ4n) is 1.56. The minimum Gasteiger partial charge on any atom is -0.321 e. The first-order valence-electron chi connectivity index (χ1n) is 4.82. The molecular weight excluding hydrogens is 174 g/mol. The van der Waals surface area contributed by atoms with E-state index in [9.17, 15) is 4.79 Å². The van der Waals surface area contributed by atoms with Gasteiger partial charge in [0.2, 0.25) is 0 Å². The van der Waals surface area contributed by atoms with E-state index in [0.717, 1.165) is 11.8 Å². The Morgan fingerprint density at radius 3 is 2.21 bits per heavy atom. The fraction of sp³-hybridized carbons (Fsp3) is 0.417. The summed E-state index contributed by atoms with van der Waals surface area (Å²) in [5, 5.41) is 0. The van der Waals surface area contributed by atoms with E-state index in [-0.39, 0.29) is 6.04 Å². The van der Waals surface area contributed by atoms with Crippen LogP contribution in [0.5, 0.6) is 0 Å². The van der Waals surface area contributed by atoms with Crippen molar-refractivity contribution in [2.75, 3.05) is 0 Å². The van der Waals surface area contributed by atoms with Crippen molar-refractivity contribution in [2.45, 2.75) is 33.2 Å². The van der Waals surface area contributed by atoms with Gasteiger partial charge in [0.25, 0.3) is 0 Å². The van der Waals surface area contributed by atoms with E-state index in [1.807, 2.05) is 0 Å². The molecule has 2 heteroatoms. The molecule has 0 saturated carbocycles. The van der Waals surface area contributed by atoms with Gasteiger partial charge in [0.05, 0.1) is 6.04 Å². The van der Waals surface area contributed by atoms with E-state index in [4.69, 9.17) is 5.73 Å². The topological polar surface area (TPSA) is 43.1 Å². The van der Waals surface area contributed by atoms with Crippen LogP contribution >= 0.6 is 0 Å². The average Bonchev–Trinajstić information content (AvgIpc) is 2.14. The second kappa shape index (κ2) is 4.38. The molecule has 0 amide bonds. The van der Waals surface area contributed by atoms with Gasteiger partial charge in [-0.1, -0.05) is 12.1 Å². The molecule has 0 aliphatic heterocycles. The molecule has 0 unspecified atom stereocenters. The maximum atomic E-state index is 10.4. The van der Waals surface area contributed by atoms with Gasteiger partial charge in [0, 0.05) is 0 Å². The number of aryl methyl sites for hydroxylation is 2. The summed E-state index contributed by atoms with van der Waals surface area (Å²) in [6, 6.07) is 3.83. The number of hydrogen-bond donors (Lipinski definition) is 1. The molecule has 0 aliphatic rings. The molecule has 1 aromatic rings. The first-order chi connectivity index (χ1) is 6.54. The predicted molar refractivity (Wildman–Crippen MR) is 58.4 cm³/mol. The average molecular weight is 191 g/mol. The number of carbonyl (C=O) groups is 1. The molecule has 14 heavy (non-hydrogen) atoms. The van der Waals surface area contributed by atoms with Crippen LogP contribution < -0.4 is 5.73 Å². The lowest BCUT2D eigenvalue weighted by atomic mass is 9.97. The molecule has 0 aliphatic carbocycles. The molecule has 0 aromatic heterocycles. The molecule has 76 valence electrons. The molecule has 1 aromatic carbocycles. The van der Waals surface area contributed by atoms with Crippen LogP contribution in [0.2, 0.25) is 0 Å². The number of benzene rings is 1. The highest BCUT2D eigenvalue weighted by Crippen LogP contribution is 2.16. The van der Waals surface area contributed by atoms with Crippen LogP contribution in [0.15, 0.2) is 12.1 Å². The van der Waals surface area contributed by atoms with E-state index in [1.54, 1.807) is 0 Å². The molecule has 0 bridgehead atoms. The van der Waals surface area contributed by atoms with Gasteiger partial charge in [-0.15, -0.1) is 0 Å². The molecule has 0 spiro atoms. The van der Waals surface area contributed by atoms with Gasteiger partial charge in [0.1, 0.15) is 6.29 Å². The van der Waals surface area contributed by atoms with Crippen molar-refractivity contribution in [3.05, 3.63) is 34.4 Å². The Balaban J connectivity index is 2.95.